The zero-order valence-electron chi connectivity index (χ0n) is 20.9. The highest BCUT2D eigenvalue weighted by Crippen LogP contribution is 2.73. The molecule has 4 rings (SSSR count). The molecule has 0 unspecified atom stereocenters. The second kappa shape index (κ2) is 8.11. The first-order valence-corrected chi connectivity index (χ1v) is 12.3. The lowest BCUT2D eigenvalue weighted by molar-refractivity contribution is -0.167. The minimum absolute atomic E-state index is 0.0676. The van der Waals surface area contributed by atoms with Gasteiger partial charge in [-0.3, -0.25) is 0 Å². The van der Waals surface area contributed by atoms with Crippen molar-refractivity contribution in [2.45, 2.75) is 85.4 Å². The molecule has 3 saturated carbocycles. The lowest BCUT2D eigenvalue weighted by Gasteiger charge is -2.46. The fourth-order valence-electron chi connectivity index (χ4n) is 7.55. The van der Waals surface area contributed by atoms with E-state index >= 15 is 0 Å². The minimum atomic E-state index is -0.396. The molecule has 1 aromatic rings. The maximum absolute atomic E-state index is 12.9. The molecular weight excluding hydrogens is 400 g/mol. The number of ether oxygens (including phenoxy) is 3. The summed E-state index contributed by atoms with van der Waals surface area (Å²) in [7, 11) is 1.63. The van der Waals surface area contributed by atoms with Crippen molar-refractivity contribution in [1.82, 2.24) is 0 Å². The molecule has 3 fully saturated rings. The maximum Gasteiger partial charge on any atom is 0.331 e. The van der Waals surface area contributed by atoms with E-state index in [1.54, 1.807) is 19.3 Å². The first kappa shape index (κ1) is 23.2. The Balaban J connectivity index is 1.47. The third-order valence-corrected chi connectivity index (χ3v) is 9.06. The van der Waals surface area contributed by atoms with Gasteiger partial charge in [0, 0.05) is 12.0 Å². The van der Waals surface area contributed by atoms with Crippen LogP contribution in [0.5, 0.6) is 11.5 Å². The molecule has 0 heterocycles. The Morgan fingerprint density at radius 2 is 1.84 bits per heavy atom. The molecule has 2 bridgehead atoms. The van der Waals surface area contributed by atoms with E-state index in [0.29, 0.717) is 22.8 Å². The second-order valence-electron chi connectivity index (χ2n) is 11.5. The Bertz CT molecular complexity index is 901. The van der Waals surface area contributed by atoms with Crippen molar-refractivity contribution in [2.75, 3.05) is 7.11 Å². The molecule has 0 amide bonds. The van der Waals surface area contributed by atoms with Crippen LogP contribution in [0, 0.1) is 28.6 Å². The number of methoxy groups -OCH3 is 1. The van der Waals surface area contributed by atoms with Gasteiger partial charge in [0.05, 0.1) is 13.2 Å². The summed E-state index contributed by atoms with van der Waals surface area (Å²) in [5.41, 5.74) is 1.16. The summed E-state index contributed by atoms with van der Waals surface area (Å²) in [4.78, 5) is 12.9. The van der Waals surface area contributed by atoms with Crippen LogP contribution in [0.3, 0.4) is 0 Å². The number of esters is 1. The maximum atomic E-state index is 12.9. The average Bonchev–Trinajstić information content (AvgIpc) is 3.15. The molecule has 0 radical (unpaired) electrons. The van der Waals surface area contributed by atoms with Crippen molar-refractivity contribution < 1.29 is 19.0 Å². The van der Waals surface area contributed by atoms with Crippen molar-refractivity contribution in [1.29, 1.82) is 0 Å². The van der Waals surface area contributed by atoms with Crippen LogP contribution in [-0.2, 0) is 9.53 Å². The van der Waals surface area contributed by atoms with Gasteiger partial charge in [-0.15, -0.1) is 0 Å². The highest BCUT2D eigenvalue weighted by Gasteiger charge is 2.68. The summed E-state index contributed by atoms with van der Waals surface area (Å²) >= 11 is 0. The van der Waals surface area contributed by atoms with Crippen LogP contribution in [0.25, 0.3) is 6.08 Å². The van der Waals surface area contributed by atoms with Gasteiger partial charge in [-0.05, 0) is 99.3 Å². The summed E-state index contributed by atoms with van der Waals surface area (Å²) in [5, 5.41) is 0. The summed E-state index contributed by atoms with van der Waals surface area (Å²) < 4.78 is 17.4. The van der Waals surface area contributed by atoms with E-state index in [4.69, 9.17) is 14.2 Å². The number of fused-ring (bicyclic) bond motifs is 1. The van der Waals surface area contributed by atoms with Crippen LogP contribution in [0.2, 0.25) is 0 Å². The first-order valence-electron chi connectivity index (χ1n) is 12.3. The Kier molecular flexibility index (Phi) is 5.88. The molecule has 1 aromatic carbocycles. The van der Waals surface area contributed by atoms with E-state index in [2.05, 4.69) is 27.7 Å². The van der Waals surface area contributed by atoms with Crippen LogP contribution in [0.4, 0.5) is 0 Å². The fourth-order valence-corrected chi connectivity index (χ4v) is 7.55. The molecule has 3 aliphatic rings. The molecule has 4 heteroatoms. The van der Waals surface area contributed by atoms with Gasteiger partial charge in [-0.25, -0.2) is 4.79 Å². The molecule has 176 valence electrons. The zero-order valence-corrected chi connectivity index (χ0v) is 20.9. The van der Waals surface area contributed by atoms with Gasteiger partial charge in [0.25, 0.3) is 0 Å². The largest absolute Gasteiger partial charge is 0.493 e. The van der Waals surface area contributed by atoms with Gasteiger partial charge in [0.1, 0.15) is 5.60 Å². The van der Waals surface area contributed by atoms with E-state index in [1.807, 2.05) is 32.0 Å². The van der Waals surface area contributed by atoms with Crippen molar-refractivity contribution in [2.24, 2.45) is 28.6 Å². The third-order valence-electron chi connectivity index (χ3n) is 9.06. The van der Waals surface area contributed by atoms with Crippen molar-refractivity contribution >= 4 is 12.0 Å². The SMILES string of the molecule is COc1cc(/C=C/C(=O)O[C@]2(C)CC[C@@]34C[C@@H]2C(C)(C)[C@@H]3CC[C@H]4C)ccc1OC(C)C. The van der Waals surface area contributed by atoms with Gasteiger partial charge in [-0.2, -0.15) is 0 Å². The Hall–Kier alpha value is -1.97. The van der Waals surface area contributed by atoms with Crippen LogP contribution >= 0.6 is 0 Å². The molecular formula is C28H40O4. The van der Waals surface area contributed by atoms with Crippen LogP contribution in [0.15, 0.2) is 24.3 Å². The van der Waals surface area contributed by atoms with Crippen molar-refractivity contribution in [3.63, 3.8) is 0 Å². The van der Waals surface area contributed by atoms with Crippen LogP contribution < -0.4 is 9.47 Å². The molecule has 0 aliphatic heterocycles. The van der Waals surface area contributed by atoms with E-state index in [1.165, 1.54) is 25.7 Å². The van der Waals surface area contributed by atoms with Gasteiger partial charge in [0.15, 0.2) is 11.5 Å². The second-order valence-corrected chi connectivity index (χ2v) is 11.5. The monoisotopic (exact) mass is 440 g/mol. The van der Waals surface area contributed by atoms with E-state index in [0.717, 1.165) is 23.8 Å². The summed E-state index contributed by atoms with van der Waals surface area (Å²) in [6.45, 7) is 13.4. The predicted molar refractivity (Wildman–Crippen MR) is 128 cm³/mol. The molecule has 5 atom stereocenters. The van der Waals surface area contributed by atoms with E-state index in [9.17, 15) is 4.79 Å². The van der Waals surface area contributed by atoms with Gasteiger partial charge >= 0.3 is 5.97 Å². The highest BCUT2D eigenvalue weighted by molar-refractivity contribution is 5.87. The lowest BCUT2D eigenvalue weighted by atomic mass is 9.64. The first-order chi connectivity index (χ1) is 15.0. The van der Waals surface area contributed by atoms with E-state index < -0.39 is 5.60 Å². The number of benzene rings is 1. The van der Waals surface area contributed by atoms with Crippen molar-refractivity contribution in [3.05, 3.63) is 29.8 Å². The topological polar surface area (TPSA) is 44.8 Å². The minimum Gasteiger partial charge on any atom is -0.493 e. The number of rotatable bonds is 6. The van der Waals surface area contributed by atoms with Crippen molar-refractivity contribution in [3.8, 4) is 11.5 Å². The van der Waals surface area contributed by atoms with Gasteiger partial charge in [-0.1, -0.05) is 26.8 Å². The standard InChI is InChI=1S/C28H40O4/c1-18(2)31-21-11-9-20(16-22(21)30-7)10-13-25(29)32-27(6)14-15-28-17-24(27)26(4,5)23(28)12-8-19(28)3/h9-11,13,16,18-19,23-24H,8,12,14-15,17H2,1-7H3/b13-10+/t19-,23+,24-,27-,28+/m1/s1. The summed E-state index contributed by atoms with van der Waals surface area (Å²) in [6.07, 6.45) is 9.45. The number of hydrogen-bond acceptors (Lipinski definition) is 4. The van der Waals surface area contributed by atoms with Gasteiger partial charge in [0.2, 0.25) is 0 Å². The molecule has 4 nitrogen and oxygen atoms in total. The molecule has 32 heavy (non-hydrogen) atoms. The Morgan fingerprint density at radius 1 is 1.09 bits per heavy atom. The molecule has 0 aromatic heterocycles. The Morgan fingerprint density at radius 3 is 2.53 bits per heavy atom. The number of carbonyl (C=O) groups is 1. The quantitative estimate of drug-likeness (QED) is 0.366. The van der Waals surface area contributed by atoms with E-state index in [-0.39, 0.29) is 17.5 Å². The lowest BCUT2D eigenvalue weighted by Crippen LogP contribution is -2.47. The van der Waals surface area contributed by atoms with Crippen LogP contribution in [0.1, 0.15) is 79.2 Å². The summed E-state index contributed by atoms with van der Waals surface area (Å²) in [6, 6.07) is 5.70. The molecule has 3 aliphatic carbocycles. The van der Waals surface area contributed by atoms with Gasteiger partial charge < -0.3 is 14.2 Å². The van der Waals surface area contributed by atoms with Crippen LogP contribution in [-0.4, -0.2) is 24.8 Å². The summed E-state index contributed by atoms with van der Waals surface area (Å²) in [5.74, 6) is 3.06. The normalized spacial score (nSPS) is 35.2. The fraction of sp³-hybridized carbons (Fsp3) is 0.679. The molecule has 0 N–H and O–H groups in total. The molecule has 1 spiro atoms. The predicted octanol–water partition coefficient (Wildman–Crippen LogP) is 6.67. The smallest absolute Gasteiger partial charge is 0.331 e. The average molecular weight is 441 g/mol. The Labute approximate surface area is 193 Å². The highest BCUT2D eigenvalue weighted by atomic mass is 16.6. The molecule has 0 saturated heterocycles. The number of hydrogen-bond donors (Lipinski definition) is 0. The third kappa shape index (κ3) is 3.74. The number of carbonyl (C=O) groups excluding carboxylic acids is 1. The zero-order chi connectivity index (χ0) is 23.3.